The lowest BCUT2D eigenvalue weighted by atomic mass is 10.0. The summed E-state index contributed by atoms with van der Waals surface area (Å²) in [5.41, 5.74) is 22.6. The molecule has 1 aliphatic rings. The van der Waals surface area contributed by atoms with E-state index in [4.69, 9.17) is 22.9 Å². The van der Waals surface area contributed by atoms with Crippen molar-refractivity contribution in [1.29, 1.82) is 0 Å². The number of carbonyl (C=O) groups is 13. The van der Waals surface area contributed by atoms with Crippen LogP contribution in [0.1, 0.15) is 83.6 Å². The zero-order chi connectivity index (χ0) is 66.4. The molecule has 25 N–H and O–H groups in total. The normalized spacial score (nSPS) is 16.2. The SMILES string of the molecule is CC(C)[C@H](NC(=O)[C@@H](N)CCCCN)C(=O)N[C@@H](CCC(=O)O)C(=O)N[C@@H](CO)C(=O)N[C@@H](CO)C(=O)N1CCC[C@H]1C(=O)N[C@@H](CO)C(=O)N[C@@H](CCCN=C(N)N)C(=O)N[C@@H](CO)C(=O)N[C@@H](CC(=O)O)C(=O)N[C@@H](Cc1ccc(O)cc1)C(=O)O. The molecular formula is C52H83N15O21. The third kappa shape index (κ3) is 25.6. The highest BCUT2D eigenvalue weighted by atomic mass is 16.4. The Morgan fingerprint density at radius 3 is 1.55 bits per heavy atom. The number of aliphatic hydroxyl groups is 4. The molecule has 1 aromatic rings. The summed E-state index contributed by atoms with van der Waals surface area (Å²) in [5, 5.41) is 99.3. The average Bonchev–Trinajstić information content (AvgIpc) is 4.22. The molecule has 0 unspecified atom stereocenters. The molecule has 0 radical (unpaired) electrons. The summed E-state index contributed by atoms with van der Waals surface area (Å²) in [5.74, 6) is -17.0. The number of phenols is 1. The number of carbonyl (C=O) groups excluding carboxylic acids is 10. The number of aliphatic imine (C=N–C) groups is 1. The van der Waals surface area contributed by atoms with Gasteiger partial charge >= 0.3 is 17.9 Å². The molecule has 492 valence electrons. The second-order valence-electron chi connectivity index (χ2n) is 20.7. The number of benzene rings is 1. The third-order valence-electron chi connectivity index (χ3n) is 13.5. The molecule has 36 heteroatoms. The fourth-order valence-corrected chi connectivity index (χ4v) is 8.63. The minimum absolute atomic E-state index is 0.0646. The van der Waals surface area contributed by atoms with Crippen molar-refractivity contribution in [3.05, 3.63) is 29.8 Å². The number of aliphatic hydroxyl groups excluding tert-OH is 4. The smallest absolute Gasteiger partial charge is 0.326 e. The first-order valence-corrected chi connectivity index (χ1v) is 27.9. The van der Waals surface area contributed by atoms with Gasteiger partial charge in [-0.3, -0.25) is 62.5 Å². The summed E-state index contributed by atoms with van der Waals surface area (Å²) in [6, 6.07) is -13.2. The van der Waals surface area contributed by atoms with Gasteiger partial charge in [0.05, 0.1) is 38.9 Å². The standard InChI is InChI=1S/C52H83N15O21/c1-25(2)40(66-41(77)28(54)7-3-4-16-53)49(85)59-30(14-15-38(73)74)43(79)63-34(22-69)47(83)65-36(24-71)50(86)67-18-6-9-37(67)48(84)64-35(23-70)45(81)58-29(8-5-17-57-52(55)56)42(78)62-33(21-68)46(82)60-31(20-39(75)76)44(80)61-32(51(87)88)19-26-10-12-27(72)13-11-26/h10-13,25,28-37,40,68-72H,3-9,14-24,53-54H2,1-2H3,(H,58,81)(H,59,85)(H,60,82)(H,61,80)(H,62,78)(H,63,79)(H,64,84)(H,65,83)(H,66,77)(H,73,74)(H,75,76)(H,87,88)(H4,55,56,57)/t28-,29-,30-,31-,32-,33-,34-,35-,36-,37-,40-/m0/s1. The molecular weight excluding hydrogens is 1170 g/mol. The van der Waals surface area contributed by atoms with Crippen LogP contribution in [0.4, 0.5) is 0 Å². The zero-order valence-electron chi connectivity index (χ0n) is 48.6. The van der Waals surface area contributed by atoms with Crippen molar-refractivity contribution in [1.82, 2.24) is 52.8 Å². The van der Waals surface area contributed by atoms with Crippen LogP contribution in [-0.4, -0.2) is 241 Å². The van der Waals surface area contributed by atoms with Crippen molar-refractivity contribution in [3.8, 4) is 5.75 Å². The molecule has 0 bridgehead atoms. The number of hydrogen-bond acceptors (Lipinski definition) is 21. The van der Waals surface area contributed by atoms with Crippen LogP contribution in [0.15, 0.2) is 29.3 Å². The zero-order valence-corrected chi connectivity index (χ0v) is 48.6. The molecule has 0 saturated carbocycles. The number of nitrogens with one attached hydrogen (secondary N) is 9. The van der Waals surface area contributed by atoms with Crippen molar-refractivity contribution in [2.24, 2.45) is 33.8 Å². The lowest BCUT2D eigenvalue weighted by molar-refractivity contribution is -0.144. The minimum Gasteiger partial charge on any atom is -0.508 e. The summed E-state index contributed by atoms with van der Waals surface area (Å²) in [7, 11) is 0. The Labute approximate surface area is 504 Å². The number of carboxylic acids is 3. The second-order valence-corrected chi connectivity index (χ2v) is 20.7. The summed E-state index contributed by atoms with van der Waals surface area (Å²) >= 11 is 0. The minimum atomic E-state index is -1.99. The lowest BCUT2D eigenvalue weighted by Gasteiger charge is -2.30. The molecule has 2 rings (SSSR count). The summed E-state index contributed by atoms with van der Waals surface area (Å²) in [6.07, 6.45) is -1.68. The number of hydrogen-bond donors (Lipinski definition) is 21. The van der Waals surface area contributed by atoms with Crippen molar-refractivity contribution < 1.29 is 103 Å². The maximum absolute atomic E-state index is 13.9. The predicted molar refractivity (Wildman–Crippen MR) is 305 cm³/mol. The number of rotatable bonds is 40. The Morgan fingerprint density at radius 2 is 1.05 bits per heavy atom. The van der Waals surface area contributed by atoms with Crippen LogP contribution in [0.25, 0.3) is 0 Å². The quantitative estimate of drug-likeness (QED) is 0.0165. The van der Waals surface area contributed by atoms with E-state index in [1.54, 1.807) is 13.8 Å². The summed E-state index contributed by atoms with van der Waals surface area (Å²) in [6.45, 7) is -1.42. The van der Waals surface area contributed by atoms with Crippen molar-refractivity contribution >= 4 is 82.9 Å². The van der Waals surface area contributed by atoms with Crippen LogP contribution in [-0.2, 0) is 68.7 Å². The highest BCUT2D eigenvalue weighted by molar-refractivity contribution is 5.99. The van der Waals surface area contributed by atoms with Crippen LogP contribution in [0, 0.1) is 5.92 Å². The van der Waals surface area contributed by atoms with Gasteiger partial charge in [-0.15, -0.1) is 0 Å². The van der Waals surface area contributed by atoms with E-state index < -0.39 is 195 Å². The Hall–Kier alpha value is -8.84. The van der Waals surface area contributed by atoms with Gasteiger partial charge in [0.1, 0.15) is 66.2 Å². The Morgan fingerprint density at radius 1 is 0.568 bits per heavy atom. The molecule has 1 aromatic carbocycles. The van der Waals surface area contributed by atoms with Gasteiger partial charge in [0.15, 0.2) is 5.96 Å². The molecule has 1 saturated heterocycles. The molecule has 1 aliphatic heterocycles. The van der Waals surface area contributed by atoms with E-state index in [-0.39, 0.29) is 63.3 Å². The molecule has 0 aliphatic carbocycles. The Bertz CT molecular complexity index is 2610. The van der Waals surface area contributed by atoms with Gasteiger partial charge < -0.3 is 117 Å². The third-order valence-corrected chi connectivity index (χ3v) is 13.5. The summed E-state index contributed by atoms with van der Waals surface area (Å²) < 4.78 is 0. The lowest BCUT2D eigenvalue weighted by Crippen LogP contribution is -2.62. The van der Waals surface area contributed by atoms with Gasteiger partial charge in [0.25, 0.3) is 0 Å². The van der Waals surface area contributed by atoms with Gasteiger partial charge in [0, 0.05) is 25.9 Å². The number of nitrogens with zero attached hydrogens (tertiary/aromatic N) is 2. The fraction of sp³-hybridized carbons (Fsp3) is 0.615. The van der Waals surface area contributed by atoms with Crippen molar-refractivity contribution in [2.45, 2.75) is 151 Å². The molecule has 1 fully saturated rings. The second kappa shape index (κ2) is 38.3. The molecule has 1 heterocycles. The highest BCUT2D eigenvalue weighted by Gasteiger charge is 2.41. The molecule has 88 heavy (non-hydrogen) atoms. The average molecular weight is 1250 g/mol. The number of unbranched alkanes of at least 4 members (excludes halogenated alkanes) is 1. The predicted octanol–water partition coefficient (Wildman–Crippen LogP) is -9.15. The van der Waals surface area contributed by atoms with Crippen LogP contribution < -0.4 is 70.8 Å². The van der Waals surface area contributed by atoms with Crippen LogP contribution in [0.2, 0.25) is 0 Å². The van der Waals surface area contributed by atoms with Crippen molar-refractivity contribution in [3.63, 3.8) is 0 Å². The largest absolute Gasteiger partial charge is 0.508 e. The van der Waals surface area contributed by atoms with E-state index in [0.717, 1.165) is 4.90 Å². The van der Waals surface area contributed by atoms with Gasteiger partial charge in [-0.25, -0.2) is 4.79 Å². The first-order chi connectivity index (χ1) is 41.5. The number of guanidine groups is 1. The van der Waals surface area contributed by atoms with Crippen LogP contribution in [0.3, 0.4) is 0 Å². The number of carboxylic acid groups (broad SMARTS) is 3. The molecule has 0 spiro atoms. The Balaban J connectivity index is 2.25. The first-order valence-electron chi connectivity index (χ1n) is 27.9. The van der Waals surface area contributed by atoms with E-state index in [1.807, 2.05) is 5.32 Å². The molecule has 10 amide bonds. The van der Waals surface area contributed by atoms with E-state index in [9.17, 15) is 103 Å². The number of likely N-dealkylation sites (tertiary alicyclic amines) is 1. The number of aliphatic carboxylic acids is 3. The fourth-order valence-electron chi connectivity index (χ4n) is 8.63. The highest BCUT2D eigenvalue weighted by Crippen LogP contribution is 2.20. The summed E-state index contributed by atoms with van der Waals surface area (Å²) in [4.78, 5) is 175. The van der Waals surface area contributed by atoms with Crippen LogP contribution >= 0.6 is 0 Å². The van der Waals surface area contributed by atoms with Gasteiger partial charge in [-0.2, -0.15) is 0 Å². The van der Waals surface area contributed by atoms with E-state index in [1.165, 1.54) is 24.3 Å². The van der Waals surface area contributed by atoms with Crippen LogP contribution in [0.5, 0.6) is 5.75 Å². The maximum Gasteiger partial charge on any atom is 0.326 e. The molecule has 11 atom stereocenters. The maximum atomic E-state index is 13.9. The Kier molecular flexibility index (Phi) is 32.8. The van der Waals surface area contributed by atoms with Gasteiger partial charge in [-0.05, 0) is 75.1 Å². The molecule has 36 nitrogen and oxygen atoms in total. The number of aromatic hydroxyl groups is 1. The van der Waals surface area contributed by atoms with E-state index >= 15 is 0 Å². The number of nitrogens with two attached hydrogens (primary N) is 4. The van der Waals surface area contributed by atoms with Crippen molar-refractivity contribution in [2.75, 3.05) is 46.1 Å². The number of phenolic OH excluding ortho intramolecular Hbond substituents is 1. The topological polar surface area (TPSA) is 612 Å². The first kappa shape index (κ1) is 75.3. The monoisotopic (exact) mass is 1250 g/mol. The number of amides is 10. The van der Waals surface area contributed by atoms with E-state index in [2.05, 4.69) is 47.5 Å². The van der Waals surface area contributed by atoms with Gasteiger partial charge in [-0.1, -0.05) is 32.4 Å². The van der Waals surface area contributed by atoms with Gasteiger partial charge in [0.2, 0.25) is 59.1 Å². The molecule has 0 aromatic heterocycles. The van der Waals surface area contributed by atoms with E-state index in [0.29, 0.717) is 24.9 Å².